The minimum atomic E-state index is -0.913. The van der Waals surface area contributed by atoms with Gasteiger partial charge in [0.2, 0.25) is 0 Å². The molecule has 2 aromatic carbocycles. The van der Waals surface area contributed by atoms with E-state index in [9.17, 15) is 18.0 Å². The Kier molecular flexibility index (Phi) is 3.41. The maximum Gasteiger partial charge on any atom is 0.255 e. The molecule has 0 aliphatic carbocycles. The molecule has 98 valence electrons. The van der Waals surface area contributed by atoms with Gasteiger partial charge < -0.3 is 11.1 Å². The van der Waals surface area contributed by atoms with Gasteiger partial charge in [0, 0.05) is 5.56 Å². The van der Waals surface area contributed by atoms with Crippen LogP contribution >= 0.6 is 0 Å². The van der Waals surface area contributed by atoms with E-state index in [0.717, 1.165) is 18.2 Å². The van der Waals surface area contributed by atoms with Crippen LogP contribution in [-0.2, 0) is 0 Å². The van der Waals surface area contributed by atoms with E-state index < -0.39 is 29.0 Å². The zero-order valence-corrected chi connectivity index (χ0v) is 9.58. The summed E-state index contributed by atoms with van der Waals surface area (Å²) in [5.74, 6) is -3.43. The molecule has 0 aliphatic rings. The molecule has 0 atom stereocenters. The van der Waals surface area contributed by atoms with Crippen LogP contribution in [0.1, 0.15) is 10.4 Å². The molecule has 1 amide bonds. The number of para-hydroxylation sites is 1. The number of hydrogen-bond acceptors (Lipinski definition) is 2. The van der Waals surface area contributed by atoms with Gasteiger partial charge in [0.1, 0.15) is 23.1 Å². The number of nitrogens with two attached hydrogens (primary N) is 1. The summed E-state index contributed by atoms with van der Waals surface area (Å²) >= 11 is 0. The third-order valence-electron chi connectivity index (χ3n) is 2.46. The minimum absolute atomic E-state index is 0.0886. The standard InChI is InChI=1S/C13H9F3N2O/c14-8-2-1-3-9(15)12(8)18-13(19)7-4-5-11(17)10(16)6-7/h1-6H,17H2,(H,18,19). The molecule has 0 unspecified atom stereocenters. The van der Waals surface area contributed by atoms with E-state index in [4.69, 9.17) is 5.73 Å². The fraction of sp³-hybridized carbons (Fsp3) is 0. The van der Waals surface area contributed by atoms with Gasteiger partial charge in [0.05, 0.1) is 5.69 Å². The highest BCUT2D eigenvalue weighted by molar-refractivity contribution is 6.04. The molecule has 0 aliphatic heterocycles. The highest BCUT2D eigenvalue weighted by Gasteiger charge is 2.14. The second-order valence-electron chi connectivity index (χ2n) is 3.79. The van der Waals surface area contributed by atoms with Gasteiger partial charge in [-0.3, -0.25) is 4.79 Å². The molecule has 0 heterocycles. The fourth-order valence-corrected chi connectivity index (χ4v) is 1.47. The first-order chi connectivity index (χ1) is 8.99. The van der Waals surface area contributed by atoms with E-state index in [-0.39, 0.29) is 11.3 Å². The molecule has 6 heteroatoms. The Morgan fingerprint density at radius 1 is 1.00 bits per heavy atom. The maximum atomic E-state index is 13.3. The van der Waals surface area contributed by atoms with Gasteiger partial charge in [0.15, 0.2) is 0 Å². The van der Waals surface area contributed by atoms with E-state index in [1.54, 1.807) is 0 Å². The Labute approximate surface area is 106 Å². The van der Waals surface area contributed by atoms with Crippen molar-refractivity contribution in [3.8, 4) is 0 Å². The van der Waals surface area contributed by atoms with E-state index >= 15 is 0 Å². The van der Waals surface area contributed by atoms with Crippen molar-refractivity contribution < 1.29 is 18.0 Å². The number of benzene rings is 2. The predicted molar refractivity (Wildman–Crippen MR) is 65.1 cm³/mol. The number of amides is 1. The van der Waals surface area contributed by atoms with Gasteiger partial charge in [-0.1, -0.05) is 6.07 Å². The summed E-state index contributed by atoms with van der Waals surface area (Å²) in [6.45, 7) is 0. The normalized spacial score (nSPS) is 10.3. The van der Waals surface area contributed by atoms with Crippen molar-refractivity contribution in [3.63, 3.8) is 0 Å². The lowest BCUT2D eigenvalue weighted by molar-refractivity contribution is 0.102. The van der Waals surface area contributed by atoms with Crippen molar-refractivity contribution in [2.24, 2.45) is 0 Å². The Morgan fingerprint density at radius 3 is 2.21 bits per heavy atom. The average molecular weight is 266 g/mol. The molecule has 2 aromatic rings. The van der Waals surface area contributed by atoms with Crippen LogP contribution in [0.5, 0.6) is 0 Å². The number of carbonyl (C=O) groups excluding carboxylic acids is 1. The fourth-order valence-electron chi connectivity index (χ4n) is 1.47. The summed E-state index contributed by atoms with van der Waals surface area (Å²) in [4.78, 5) is 11.7. The summed E-state index contributed by atoms with van der Waals surface area (Å²) in [5, 5.41) is 2.05. The van der Waals surface area contributed by atoms with Crippen LogP contribution in [0.2, 0.25) is 0 Å². The number of hydrogen-bond donors (Lipinski definition) is 2. The highest BCUT2D eigenvalue weighted by atomic mass is 19.1. The van der Waals surface area contributed by atoms with Crippen LogP contribution in [0.4, 0.5) is 24.5 Å². The smallest absolute Gasteiger partial charge is 0.255 e. The first kappa shape index (κ1) is 12.9. The Balaban J connectivity index is 2.28. The lowest BCUT2D eigenvalue weighted by Gasteiger charge is -2.08. The number of nitrogens with one attached hydrogen (secondary N) is 1. The zero-order valence-electron chi connectivity index (χ0n) is 9.58. The summed E-state index contributed by atoms with van der Waals surface area (Å²) in [6.07, 6.45) is 0. The van der Waals surface area contributed by atoms with E-state index in [0.29, 0.717) is 0 Å². The maximum absolute atomic E-state index is 13.3. The van der Waals surface area contributed by atoms with Gasteiger partial charge >= 0.3 is 0 Å². The van der Waals surface area contributed by atoms with E-state index in [1.807, 2.05) is 5.32 Å². The van der Waals surface area contributed by atoms with E-state index in [2.05, 4.69) is 0 Å². The number of anilines is 2. The van der Waals surface area contributed by atoms with Gasteiger partial charge in [-0.25, -0.2) is 13.2 Å². The highest BCUT2D eigenvalue weighted by Crippen LogP contribution is 2.19. The van der Waals surface area contributed by atoms with Crippen LogP contribution in [-0.4, -0.2) is 5.91 Å². The monoisotopic (exact) mass is 266 g/mol. The second kappa shape index (κ2) is 5.01. The van der Waals surface area contributed by atoms with Gasteiger partial charge in [0.25, 0.3) is 5.91 Å². The largest absolute Gasteiger partial charge is 0.396 e. The summed E-state index contributed by atoms with van der Waals surface area (Å²) in [7, 11) is 0. The van der Waals surface area contributed by atoms with Crippen molar-refractivity contribution in [2.75, 3.05) is 11.1 Å². The lowest BCUT2D eigenvalue weighted by Crippen LogP contribution is -2.14. The molecule has 0 saturated heterocycles. The minimum Gasteiger partial charge on any atom is -0.396 e. The SMILES string of the molecule is Nc1ccc(C(=O)Nc2c(F)cccc2F)cc1F. The summed E-state index contributed by atoms with van der Waals surface area (Å²) in [5.41, 5.74) is 4.48. The first-order valence-corrected chi connectivity index (χ1v) is 5.29. The molecule has 0 spiro atoms. The molecule has 0 bridgehead atoms. The van der Waals surface area contributed by atoms with Gasteiger partial charge in [-0.05, 0) is 30.3 Å². The third kappa shape index (κ3) is 2.67. The van der Waals surface area contributed by atoms with E-state index in [1.165, 1.54) is 18.2 Å². The first-order valence-electron chi connectivity index (χ1n) is 5.29. The summed E-state index contributed by atoms with van der Waals surface area (Å²) < 4.78 is 39.8. The Hall–Kier alpha value is -2.50. The van der Waals surface area contributed by atoms with Gasteiger partial charge in [-0.15, -0.1) is 0 Å². The predicted octanol–water partition coefficient (Wildman–Crippen LogP) is 2.94. The number of nitrogen functional groups attached to an aromatic ring is 1. The van der Waals surface area contributed by atoms with Crippen molar-refractivity contribution in [1.82, 2.24) is 0 Å². The topological polar surface area (TPSA) is 55.1 Å². The second-order valence-corrected chi connectivity index (χ2v) is 3.79. The lowest BCUT2D eigenvalue weighted by atomic mass is 10.1. The van der Waals surface area contributed by atoms with Crippen molar-refractivity contribution in [1.29, 1.82) is 0 Å². The van der Waals surface area contributed by atoms with Crippen LogP contribution in [0, 0.1) is 17.5 Å². The molecular weight excluding hydrogens is 257 g/mol. The van der Waals surface area contributed by atoms with Crippen molar-refractivity contribution >= 4 is 17.3 Å². The molecule has 0 aromatic heterocycles. The number of halogens is 3. The molecular formula is C13H9F3N2O. The molecule has 0 saturated carbocycles. The molecule has 0 radical (unpaired) electrons. The van der Waals surface area contributed by atoms with Gasteiger partial charge in [-0.2, -0.15) is 0 Å². The van der Waals surface area contributed by atoms with Crippen molar-refractivity contribution in [3.05, 3.63) is 59.4 Å². The number of carbonyl (C=O) groups is 1. The molecule has 0 fully saturated rings. The van der Waals surface area contributed by atoms with Crippen LogP contribution in [0.15, 0.2) is 36.4 Å². The van der Waals surface area contributed by atoms with Crippen LogP contribution < -0.4 is 11.1 Å². The molecule has 2 rings (SSSR count). The van der Waals surface area contributed by atoms with Crippen molar-refractivity contribution in [2.45, 2.75) is 0 Å². The number of rotatable bonds is 2. The van der Waals surface area contributed by atoms with Crippen LogP contribution in [0.25, 0.3) is 0 Å². The summed E-state index contributed by atoms with van der Waals surface area (Å²) in [6, 6.07) is 6.52. The van der Waals surface area contributed by atoms with Crippen LogP contribution in [0.3, 0.4) is 0 Å². The quantitative estimate of drug-likeness (QED) is 0.821. The molecule has 19 heavy (non-hydrogen) atoms. The average Bonchev–Trinajstić information content (AvgIpc) is 2.37. The Morgan fingerprint density at radius 2 is 1.63 bits per heavy atom. The molecule has 3 N–H and O–H groups in total. The molecule has 3 nitrogen and oxygen atoms in total. The zero-order chi connectivity index (χ0) is 14.0. The third-order valence-corrected chi connectivity index (χ3v) is 2.46. The Bertz CT molecular complexity index is 624.